The largest absolute Gasteiger partial charge is 0.481 e. The number of amides is 1. The van der Waals surface area contributed by atoms with E-state index >= 15 is 0 Å². The number of para-hydroxylation sites is 1. The molecular weight excluding hydrogens is 494 g/mol. The standard InChI is InChI=1S/C28H19NO5S2/c30-26(31)28(12-13-28)24-15-23-22(36-24)14-18(35-23)10-11-21-25(19-8-4-5-9-20(19)34-21)29-27(32)33-16-17-6-2-1-3-7-17/h1-9,14-15H,12-13,16H2,(H,29,32)(H,30,31). The van der Waals surface area contributed by atoms with Gasteiger partial charge in [0.1, 0.15) is 23.3 Å². The molecule has 1 amide bonds. The van der Waals surface area contributed by atoms with Gasteiger partial charge in [0, 0.05) is 19.7 Å². The van der Waals surface area contributed by atoms with Gasteiger partial charge in [0.25, 0.3) is 0 Å². The van der Waals surface area contributed by atoms with Gasteiger partial charge in [-0.25, -0.2) is 4.79 Å². The van der Waals surface area contributed by atoms with Gasteiger partial charge in [-0.2, -0.15) is 0 Å². The van der Waals surface area contributed by atoms with Crippen molar-refractivity contribution in [1.82, 2.24) is 0 Å². The van der Waals surface area contributed by atoms with Crippen LogP contribution < -0.4 is 5.32 Å². The maximum Gasteiger partial charge on any atom is 0.412 e. The van der Waals surface area contributed by atoms with E-state index < -0.39 is 17.5 Å². The molecule has 36 heavy (non-hydrogen) atoms. The number of anilines is 1. The van der Waals surface area contributed by atoms with Crippen molar-refractivity contribution in [3.05, 3.63) is 87.8 Å². The molecule has 0 unspecified atom stereocenters. The van der Waals surface area contributed by atoms with Gasteiger partial charge in [0.05, 0.1) is 4.88 Å². The van der Waals surface area contributed by atoms with E-state index in [-0.39, 0.29) is 6.61 Å². The third kappa shape index (κ3) is 4.13. The molecule has 0 aliphatic heterocycles. The lowest BCUT2D eigenvalue weighted by atomic mass is 10.1. The van der Waals surface area contributed by atoms with Gasteiger partial charge in [-0.3, -0.25) is 10.1 Å². The maximum absolute atomic E-state index is 12.5. The summed E-state index contributed by atoms with van der Waals surface area (Å²) in [6, 6.07) is 20.8. The molecule has 5 aromatic rings. The Bertz CT molecular complexity index is 1650. The Morgan fingerprint density at radius 1 is 1.00 bits per heavy atom. The van der Waals surface area contributed by atoms with Crippen molar-refractivity contribution in [1.29, 1.82) is 0 Å². The van der Waals surface area contributed by atoms with Crippen molar-refractivity contribution in [3.8, 4) is 11.8 Å². The van der Waals surface area contributed by atoms with Gasteiger partial charge in [0.2, 0.25) is 5.76 Å². The SMILES string of the molecule is O=C(Nc1c(C#Cc2cc3sc(C4(C(=O)O)CC4)cc3s2)oc2ccccc12)OCc1ccccc1. The summed E-state index contributed by atoms with van der Waals surface area (Å²) in [4.78, 5) is 25.9. The molecular formula is C28H19NO5S2. The average molecular weight is 514 g/mol. The van der Waals surface area contributed by atoms with E-state index in [2.05, 4.69) is 17.2 Å². The number of carbonyl (C=O) groups excluding carboxylic acids is 1. The first-order chi connectivity index (χ1) is 17.5. The van der Waals surface area contributed by atoms with E-state index in [1.54, 1.807) is 0 Å². The zero-order valence-corrected chi connectivity index (χ0v) is 20.5. The maximum atomic E-state index is 12.5. The number of aliphatic carboxylic acids is 1. The number of nitrogens with one attached hydrogen (secondary N) is 1. The smallest absolute Gasteiger partial charge is 0.412 e. The highest BCUT2D eigenvalue weighted by molar-refractivity contribution is 7.28. The van der Waals surface area contributed by atoms with Crippen LogP contribution in [0, 0.1) is 11.8 Å². The minimum Gasteiger partial charge on any atom is -0.481 e. The number of hydrogen-bond donors (Lipinski definition) is 2. The monoisotopic (exact) mass is 513 g/mol. The fourth-order valence-corrected chi connectivity index (χ4v) is 6.55. The summed E-state index contributed by atoms with van der Waals surface area (Å²) in [7, 11) is 0. The van der Waals surface area contributed by atoms with Gasteiger partial charge in [-0.05, 0) is 54.5 Å². The number of fused-ring (bicyclic) bond motifs is 2. The minimum absolute atomic E-state index is 0.153. The predicted molar refractivity (Wildman–Crippen MR) is 141 cm³/mol. The highest BCUT2D eigenvalue weighted by atomic mass is 32.1. The Hall–Kier alpha value is -4.06. The number of furan rings is 1. The molecule has 0 saturated heterocycles. The van der Waals surface area contributed by atoms with Crippen molar-refractivity contribution in [2.45, 2.75) is 24.9 Å². The summed E-state index contributed by atoms with van der Waals surface area (Å²) < 4.78 is 13.4. The normalized spacial score (nSPS) is 13.8. The highest BCUT2D eigenvalue weighted by Gasteiger charge is 2.53. The molecule has 2 aromatic carbocycles. The molecule has 8 heteroatoms. The molecule has 1 aliphatic rings. The first kappa shape index (κ1) is 22.4. The lowest BCUT2D eigenvalue weighted by Gasteiger charge is -2.06. The Balaban J connectivity index is 1.25. The van der Waals surface area contributed by atoms with Crippen molar-refractivity contribution < 1.29 is 23.8 Å². The molecule has 3 heterocycles. The predicted octanol–water partition coefficient (Wildman–Crippen LogP) is 6.97. The van der Waals surface area contributed by atoms with Crippen LogP contribution >= 0.6 is 22.7 Å². The van der Waals surface area contributed by atoms with Crippen molar-refractivity contribution in [3.63, 3.8) is 0 Å². The van der Waals surface area contributed by atoms with Gasteiger partial charge >= 0.3 is 12.1 Å². The van der Waals surface area contributed by atoms with Crippen LogP contribution in [0.2, 0.25) is 0 Å². The Kier molecular flexibility index (Phi) is 5.52. The summed E-state index contributed by atoms with van der Waals surface area (Å²) in [5.41, 5.74) is 1.27. The molecule has 6 nitrogen and oxygen atoms in total. The van der Waals surface area contributed by atoms with Crippen LogP contribution in [0.15, 0.2) is 71.1 Å². The molecule has 1 fully saturated rings. The van der Waals surface area contributed by atoms with E-state index in [0.29, 0.717) is 29.9 Å². The fraction of sp³-hybridized carbons (Fsp3) is 0.143. The van der Waals surface area contributed by atoms with Crippen LogP contribution in [0.3, 0.4) is 0 Å². The molecule has 0 bridgehead atoms. The Morgan fingerprint density at radius 3 is 2.50 bits per heavy atom. The number of carbonyl (C=O) groups is 2. The Morgan fingerprint density at radius 2 is 1.75 bits per heavy atom. The van der Waals surface area contributed by atoms with Gasteiger partial charge < -0.3 is 14.3 Å². The molecule has 178 valence electrons. The Labute approximate surface area is 214 Å². The summed E-state index contributed by atoms with van der Waals surface area (Å²) in [5.74, 6) is 5.79. The second-order valence-electron chi connectivity index (χ2n) is 8.58. The second kappa shape index (κ2) is 8.86. The van der Waals surface area contributed by atoms with Crippen LogP contribution in [0.5, 0.6) is 0 Å². The van der Waals surface area contributed by atoms with Crippen LogP contribution in [0.1, 0.15) is 33.9 Å². The summed E-state index contributed by atoms with van der Waals surface area (Å²) >= 11 is 3.04. The van der Waals surface area contributed by atoms with Crippen LogP contribution in [-0.4, -0.2) is 17.2 Å². The highest BCUT2D eigenvalue weighted by Crippen LogP contribution is 2.52. The van der Waals surface area contributed by atoms with E-state index in [9.17, 15) is 14.7 Å². The third-order valence-electron chi connectivity index (χ3n) is 6.17. The molecule has 1 aliphatic carbocycles. The molecule has 2 N–H and O–H groups in total. The van der Waals surface area contributed by atoms with Crippen LogP contribution in [0.25, 0.3) is 20.4 Å². The quantitative estimate of drug-likeness (QED) is 0.248. The number of hydrogen-bond acceptors (Lipinski definition) is 6. The summed E-state index contributed by atoms with van der Waals surface area (Å²) in [6.45, 7) is 0.153. The lowest BCUT2D eigenvalue weighted by Crippen LogP contribution is -2.17. The molecule has 6 rings (SSSR count). The summed E-state index contributed by atoms with van der Waals surface area (Å²) in [5, 5.41) is 13.1. The topological polar surface area (TPSA) is 88.8 Å². The van der Waals surface area contributed by atoms with Crippen molar-refractivity contribution in [2.75, 3.05) is 5.32 Å². The molecule has 1 saturated carbocycles. The number of rotatable bonds is 5. The number of thiophene rings is 2. The van der Waals surface area contributed by atoms with E-state index in [1.165, 1.54) is 22.7 Å². The van der Waals surface area contributed by atoms with Crippen molar-refractivity contribution in [2.24, 2.45) is 0 Å². The number of benzene rings is 2. The zero-order valence-electron chi connectivity index (χ0n) is 18.9. The molecule has 3 aromatic heterocycles. The first-order valence-corrected chi connectivity index (χ1v) is 12.9. The number of ether oxygens (including phenoxy) is 1. The third-order valence-corrected chi connectivity index (χ3v) is 8.59. The average Bonchev–Trinajstić information content (AvgIpc) is 3.32. The number of carboxylic acid groups (broad SMARTS) is 1. The first-order valence-electron chi connectivity index (χ1n) is 11.3. The fourth-order valence-electron chi connectivity index (χ4n) is 4.06. The van der Waals surface area contributed by atoms with Gasteiger partial charge in [-0.1, -0.05) is 42.5 Å². The van der Waals surface area contributed by atoms with E-state index in [1.807, 2.05) is 66.7 Å². The van der Waals surface area contributed by atoms with Crippen molar-refractivity contribution >= 4 is 60.8 Å². The lowest BCUT2D eigenvalue weighted by molar-refractivity contribution is -0.139. The van der Waals surface area contributed by atoms with Gasteiger partial charge in [0.15, 0.2) is 0 Å². The van der Waals surface area contributed by atoms with E-state index in [4.69, 9.17) is 9.15 Å². The molecule has 0 atom stereocenters. The number of carboxylic acids is 1. The zero-order chi connectivity index (χ0) is 24.7. The molecule has 0 spiro atoms. The van der Waals surface area contributed by atoms with Crippen LogP contribution in [0.4, 0.5) is 10.5 Å². The van der Waals surface area contributed by atoms with Crippen LogP contribution in [-0.2, 0) is 21.6 Å². The minimum atomic E-state index is -0.747. The second-order valence-corrected chi connectivity index (χ2v) is 10.7. The molecule has 0 radical (unpaired) electrons. The van der Waals surface area contributed by atoms with E-state index in [0.717, 1.165) is 30.1 Å². The summed E-state index contributed by atoms with van der Waals surface area (Å²) in [6.07, 6.45) is 0.793. The van der Waals surface area contributed by atoms with Gasteiger partial charge in [-0.15, -0.1) is 22.7 Å².